The maximum Gasteiger partial charge on any atom is 0.312 e. The molecule has 0 aliphatic heterocycles. The van der Waals surface area contributed by atoms with Crippen molar-refractivity contribution in [2.45, 2.75) is 0 Å². The number of nitro benzene ring substituents is 1. The van der Waals surface area contributed by atoms with Crippen molar-refractivity contribution in [1.82, 2.24) is 5.43 Å². The number of nitro groups is 1. The number of ether oxygens (including phenoxy) is 1. The number of nitrogens with zero attached hydrogens (tertiary/aromatic N) is 2. The summed E-state index contributed by atoms with van der Waals surface area (Å²) in [6.07, 6.45) is 1.29. The molecule has 0 aliphatic rings. The third-order valence-corrected chi connectivity index (χ3v) is 3.75. The molecule has 0 atom stereocenters. The van der Waals surface area contributed by atoms with Crippen LogP contribution in [0.1, 0.15) is 5.56 Å². The fourth-order valence-electron chi connectivity index (χ4n) is 1.73. The Bertz CT molecular complexity index is 823. The molecule has 25 heavy (non-hydrogen) atoms. The smallest absolute Gasteiger partial charge is 0.312 e. The molecule has 130 valence electrons. The molecule has 0 spiro atoms. The van der Waals surface area contributed by atoms with Crippen molar-refractivity contribution in [2.24, 2.45) is 5.10 Å². The second-order valence-electron chi connectivity index (χ2n) is 4.59. The molecule has 2 aromatic rings. The highest BCUT2D eigenvalue weighted by atomic mass is 35.5. The second-order valence-corrected chi connectivity index (χ2v) is 5.84. The molecule has 10 heteroatoms. The van der Waals surface area contributed by atoms with Crippen molar-refractivity contribution in [1.29, 1.82) is 0 Å². The Morgan fingerprint density at radius 2 is 1.92 bits per heavy atom. The number of hydrazone groups is 1. The van der Waals surface area contributed by atoms with E-state index < -0.39 is 17.4 Å². The van der Waals surface area contributed by atoms with Gasteiger partial charge in [-0.15, -0.1) is 0 Å². The molecule has 0 heterocycles. The maximum atomic E-state index is 11.7. The number of amides is 1. The summed E-state index contributed by atoms with van der Waals surface area (Å²) in [4.78, 5) is 22.0. The van der Waals surface area contributed by atoms with Crippen LogP contribution < -0.4 is 10.2 Å². The number of hydrogen-bond acceptors (Lipinski definition) is 5. The van der Waals surface area contributed by atoms with Gasteiger partial charge in [0, 0.05) is 16.7 Å². The molecule has 0 bridgehead atoms. The van der Waals surface area contributed by atoms with Crippen LogP contribution in [0.25, 0.3) is 0 Å². The molecular weight excluding hydrogens is 393 g/mol. The summed E-state index contributed by atoms with van der Waals surface area (Å²) in [5.74, 6) is -0.702. The van der Waals surface area contributed by atoms with Gasteiger partial charge in [0.1, 0.15) is 0 Å². The van der Waals surface area contributed by atoms with Crippen LogP contribution >= 0.6 is 34.8 Å². The predicted octanol–water partition coefficient (Wildman–Crippen LogP) is 4.08. The lowest BCUT2D eigenvalue weighted by molar-refractivity contribution is -0.385. The molecule has 1 N–H and O–H groups in total. The van der Waals surface area contributed by atoms with Crippen LogP contribution in [-0.4, -0.2) is 23.7 Å². The van der Waals surface area contributed by atoms with Crippen LogP contribution in [0.15, 0.2) is 41.5 Å². The third-order valence-electron chi connectivity index (χ3n) is 2.86. The minimum absolute atomic E-state index is 0.0809. The van der Waals surface area contributed by atoms with Gasteiger partial charge < -0.3 is 4.74 Å². The quantitative estimate of drug-likeness (QED) is 0.447. The summed E-state index contributed by atoms with van der Waals surface area (Å²) in [5, 5.41) is 15.6. The first-order valence-electron chi connectivity index (χ1n) is 6.71. The van der Waals surface area contributed by atoms with Gasteiger partial charge in [0.05, 0.1) is 21.2 Å². The first-order chi connectivity index (χ1) is 11.9. The van der Waals surface area contributed by atoms with E-state index >= 15 is 0 Å². The average Bonchev–Trinajstić information content (AvgIpc) is 2.56. The molecule has 7 nitrogen and oxygen atoms in total. The highest BCUT2D eigenvalue weighted by Crippen LogP contribution is 2.29. The Balaban J connectivity index is 1.96. The number of halogens is 3. The Morgan fingerprint density at radius 1 is 1.24 bits per heavy atom. The highest BCUT2D eigenvalue weighted by Gasteiger charge is 2.16. The standard InChI is InChI=1S/C15H10Cl3N3O4/c16-9-4-5-14(13(6-9)21(23)24)25-8-15(22)20-19-7-10-11(17)2-1-3-12(10)18/h1-7H,8H2,(H,20,22). The molecule has 0 saturated carbocycles. The van der Waals surface area contributed by atoms with Crippen LogP contribution in [0.4, 0.5) is 5.69 Å². The van der Waals surface area contributed by atoms with E-state index in [1.54, 1.807) is 18.2 Å². The summed E-state index contributed by atoms with van der Waals surface area (Å²) in [7, 11) is 0. The van der Waals surface area contributed by atoms with Gasteiger partial charge in [-0.05, 0) is 24.3 Å². The van der Waals surface area contributed by atoms with Gasteiger partial charge in [-0.2, -0.15) is 5.10 Å². The van der Waals surface area contributed by atoms with Gasteiger partial charge >= 0.3 is 5.69 Å². The number of rotatable bonds is 6. The topological polar surface area (TPSA) is 93.8 Å². The zero-order chi connectivity index (χ0) is 18.4. The largest absolute Gasteiger partial charge is 0.477 e. The predicted molar refractivity (Wildman–Crippen MR) is 95.8 cm³/mol. The Kier molecular flexibility index (Phi) is 6.58. The SMILES string of the molecule is O=C(COc1ccc(Cl)cc1[N+](=O)[O-])NN=Cc1c(Cl)cccc1Cl. The number of carbonyl (C=O) groups is 1. The van der Waals surface area contributed by atoms with Crippen molar-refractivity contribution in [3.8, 4) is 5.75 Å². The first kappa shape index (κ1) is 19.0. The molecule has 0 unspecified atom stereocenters. The number of nitrogens with one attached hydrogen (secondary N) is 1. The van der Waals surface area contributed by atoms with Gasteiger partial charge in [0.25, 0.3) is 5.91 Å². The Hall–Kier alpha value is -2.35. The van der Waals surface area contributed by atoms with Gasteiger partial charge in [-0.3, -0.25) is 14.9 Å². The Labute approximate surface area is 157 Å². The minimum Gasteiger partial charge on any atom is -0.477 e. The molecule has 2 rings (SSSR count). The fraction of sp³-hybridized carbons (Fsp3) is 0.0667. The molecule has 0 radical (unpaired) electrons. The van der Waals surface area contributed by atoms with Crippen LogP contribution in [0.3, 0.4) is 0 Å². The minimum atomic E-state index is -0.656. The van der Waals surface area contributed by atoms with E-state index in [4.69, 9.17) is 39.5 Å². The van der Waals surface area contributed by atoms with Crippen molar-refractivity contribution in [3.05, 3.63) is 67.1 Å². The summed E-state index contributed by atoms with van der Waals surface area (Å²) in [6.45, 7) is -0.476. The lowest BCUT2D eigenvalue weighted by atomic mass is 10.2. The van der Waals surface area contributed by atoms with Crippen molar-refractivity contribution in [2.75, 3.05) is 6.61 Å². The van der Waals surface area contributed by atoms with E-state index in [0.29, 0.717) is 15.6 Å². The fourth-order valence-corrected chi connectivity index (χ4v) is 2.40. The average molecular weight is 403 g/mol. The molecular formula is C15H10Cl3N3O4. The van der Waals surface area contributed by atoms with E-state index in [2.05, 4.69) is 10.5 Å². The van der Waals surface area contributed by atoms with Gasteiger partial charge in [0.2, 0.25) is 0 Å². The Morgan fingerprint density at radius 3 is 2.56 bits per heavy atom. The number of hydrogen-bond donors (Lipinski definition) is 1. The van der Waals surface area contributed by atoms with E-state index in [0.717, 1.165) is 6.07 Å². The molecule has 2 aromatic carbocycles. The lowest BCUT2D eigenvalue weighted by Crippen LogP contribution is -2.24. The molecule has 1 amide bonds. The van der Waals surface area contributed by atoms with E-state index in [1.807, 2.05) is 0 Å². The lowest BCUT2D eigenvalue weighted by Gasteiger charge is -2.06. The zero-order valence-corrected chi connectivity index (χ0v) is 14.7. The van der Waals surface area contributed by atoms with E-state index in [9.17, 15) is 14.9 Å². The second kappa shape index (κ2) is 8.66. The molecule has 0 aromatic heterocycles. The number of benzene rings is 2. The van der Waals surface area contributed by atoms with Gasteiger partial charge in [0.15, 0.2) is 12.4 Å². The van der Waals surface area contributed by atoms with Gasteiger partial charge in [-0.25, -0.2) is 5.43 Å². The highest BCUT2D eigenvalue weighted by molar-refractivity contribution is 6.38. The number of carbonyl (C=O) groups excluding carboxylic acids is 1. The van der Waals surface area contributed by atoms with Crippen LogP contribution in [0, 0.1) is 10.1 Å². The summed E-state index contributed by atoms with van der Waals surface area (Å²) in [6, 6.07) is 8.78. The normalized spacial score (nSPS) is 10.7. The van der Waals surface area contributed by atoms with Crippen molar-refractivity contribution in [3.63, 3.8) is 0 Å². The van der Waals surface area contributed by atoms with Crippen molar-refractivity contribution < 1.29 is 14.5 Å². The maximum absolute atomic E-state index is 11.7. The molecule has 0 aliphatic carbocycles. The van der Waals surface area contributed by atoms with Crippen LogP contribution in [0.5, 0.6) is 5.75 Å². The zero-order valence-electron chi connectivity index (χ0n) is 12.4. The third kappa shape index (κ3) is 5.32. The summed E-state index contributed by atoms with van der Waals surface area (Å²) in [5.41, 5.74) is 2.31. The monoisotopic (exact) mass is 401 g/mol. The first-order valence-corrected chi connectivity index (χ1v) is 7.84. The summed E-state index contributed by atoms with van der Waals surface area (Å²) >= 11 is 17.6. The van der Waals surface area contributed by atoms with Gasteiger partial charge in [-0.1, -0.05) is 40.9 Å². The van der Waals surface area contributed by atoms with Crippen molar-refractivity contribution >= 4 is 52.6 Å². The van der Waals surface area contributed by atoms with E-state index in [-0.39, 0.29) is 16.5 Å². The molecule has 0 saturated heterocycles. The van der Waals surface area contributed by atoms with Crippen LogP contribution in [-0.2, 0) is 4.79 Å². The molecule has 0 fully saturated rings. The van der Waals surface area contributed by atoms with Crippen LogP contribution in [0.2, 0.25) is 15.1 Å². The van der Waals surface area contributed by atoms with E-state index in [1.165, 1.54) is 18.3 Å². The summed E-state index contributed by atoms with van der Waals surface area (Å²) < 4.78 is 5.13.